The van der Waals surface area contributed by atoms with E-state index in [9.17, 15) is 0 Å². The monoisotopic (exact) mass is 488 g/mol. The minimum Gasteiger partial charge on any atom is -0.299 e. The number of nitrogens with zero attached hydrogens (tertiary/aromatic N) is 2. The second-order valence-electron chi connectivity index (χ2n) is 7.51. The van der Waals surface area contributed by atoms with E-state index in [0.29, 0.717) is 0 Å². The van der Waals surface area contributed by atoms with E-state index in [2.05, 4.69) is 108 Å². The highest BCUT2D eigenvalue weighted by Gasteiger charge is 2.20. The molecule has 2 aromatic heterocycles. The predicted molar refractivity (Wildman–Crippen MR) is 142 cm³/mol. The maximum absolute atomic E-state index is 5.03. The van der Waals surface area contributed by atoms with Crippen molar-refractivity contribution in [3.63, 3.8) is 0 Å². The summed E-state index contributed by atoms with van der Waals surface area (Å²) in [5.41, 5.74) is 8.07. The van der Waals surface area contributed by atoms with Gasteiger partial charge in [-0.2, -0.15) is 0 Å². The van der Waals surface area contributed by atoms with Crippen molar-refractivity contribution in [1.82, 2.24) is 9.38 Å². The van der Waals surface area contributed by atoms with E-state index in [4.69, 9.17) is 39.8 Å². The van der Waals surface area contributed by atoms with Crippen LogP contribution in [0.2, 0.25) is 0 Å². The van der Waals surface area contributed by atoms with Crippen LogP contribution in [-0.4, -0.2) is 13.7 Å². The Morgan fingerprint density at radius 2 is 1.09 bits per heavy atom. The fraction of sp³-hybridized carbons (Fsp3) is 0.0357. The highest BCUT2D eigenvalue weighted by Crippen LogP contribution is 2.44. The molecule has 0 aliphatic carbocycles. The molecule has 0 saturated carbocycles. The first-order chi connectivity index (χ1) is 16.1. The molecule has 0 aliphatic heterocycles. The van der Waals surface area contributed by atoms with Crippen LogP contribution in [0.15, 0.2) is 109 Å². The number of fused-ring (bicyclic) bond motifs is 5. The first kappa shape index (κ1) is 21.8. The number of halogens is 3. The molecule has 0 aliphatic rings. The Bertz CT molecular complexity index is 1540. The standard InChI is InChI=1S/C27H18N2.CHCl3/c1-3-11-19(12-4-1)24-21-15-7-8-16-22(21)26-27(25(24)20-13-5-2-6-14-20)29-18-10-9-17-23(29)28-26;2-1(3)4/h1-18H;1H. The third-order valence-corrected chi connectivity index (χ3v) is 5.59. The molecule has 6 aromatic rings. The van der Waals surface area contributed by atoms with Crippen LogP contribution in [0.4, 0.5) is 0 Å². The summed E-state index contributed by atoms with van der Waals surface area (Å²) >= 11 is 14.4. The van der Waals surface area contributed by atoms with Gasteiger partial charge >= 0.3 is 0 Å². The van der Waals surface area contributed by atoms with Gasteiger partial charge in [-0.05, 0) is 34.2 Å². The van der Waals surface area contributed by atoms with E-state index in [0.717, 1.165) is 16.7 Å². The van der Waals surface area contributed by atoms with Gasteiger partial charge in [0.15, 0.2) is 4.30 Å². The summed E-state index contributed by atoms with van der Waals surface area (Å²) < 4.78 is 1.47. The summed E-state index contributed by atoms with van der Waals surface area (Å²) in [4.78, 5) is 5.03. The van der Waals surface area contributed by atoms with Gasteiger partial charge in [0, 0.05) is 17.1 Å². The molecule has 6 rings (SSSR count). The molecule has 2 heterocycles. The highest BCUT2D eigenvalue weighted by atomic mass is 35.6. The van der Waals surface area contributed by atoms with Gasteiger partial charge in [-0.3, -0.25) is 4.40 Å². The molecule has 0 unspecified atom stereocenters. The number of hydrogen-bond acceptors (Lipinski definition) is 1. The quantitative estimate of drug-likeness (QED) is 0.222. The topological polar surface area (TPSA) is 17.3 Å². The second-order valence-corrected chi connectivity index (χ2v) is 9.49. The van der Waals surface area contributed by atoms with Crippen LogP contribution in [-0.2, 0) is 0 Å². The maximum Gasteiger partial charge on any atom is 0.180 e. The summed E-state index contributed by atoms with van der Waals surface area (Å²) in [7, 11) is 0. The summed E-state index contributed by atoms with van der Waals surface area (Å²) in [6, 6.07) is 36.2. The number of hydrogen-bond donors (Lipinski definition) is 0. The normalized spacial score (nSPS) is 11.2. The van der Waals surface area contributed by atoms with Gasteiger partial charge in [0.1, 0.15) is 5.65 Å². The predicted octanol–water partition coefficient (Wildman–Crippen LogP) is 8.96. The van der Waals surface area contributed by atoms with Crippen molar-refractivity contribution in [1.29, 1.82) is 0 Å². The molecule has 0 fully saturated rings. The molecule has 33 heavy (non-hydrogen) atoms. The Kier molecular flexibility index (Phi) is 6.24. The molecule has 5 heteroatoms. The Labute approximate surface area is 207 Å². The van der Waals surface area contributed by atoms with E-state index in [-0.39, 0.29) is 0 Å². The average molecular weight is 490 g/mol. The Hall–Kier alpha value is -3.04. The molecule has 162 valence electrons. The molecule has 0 radical (unpaired) electrons. The minimum absolute atomic E-state index is 0.750. The lowest BCUT2D eigenvalue weighted by molar-refractivity contribution is 1.23. The highest BCUT2D eigenvalue weighted by molar-refractivity contribution is 6.63. The lowest BCUT2D eigenvalue weighted by atomic mass is 9.88. The van der Waals surface area contributed by atoms with Gasteiger partial charge in [-0.15, -0.1) is 0 Å². The van der Waals surface area contributed by atoms with Crippen LogP contribution < -0.4 is 0 Å². The van der Waals surface area contributed by atoms with Gasteiger partial charge in [-0.25, -0.2) is 4.98 Å². The number of benzene rings is 4. The number of imidazole rings is 1. The van der Waals surface area contributed by atoms with Crippen molar-refractivity contribution < 1.29 is 0 Å². The van der Waals surface area contributed by atoms with E-state index >= 15 is 0 Å². The first-order valence-corrected chi connectivity index (χ1v) is 11.8. The number of pyridine rings is 1. The van der Waals surface area contributed by atoms with Gasteiger partial charge in [-0.1, -0.05) is 126 Å². The van der Waals surface area contributed by atoms with E-state index < -0.39 is 4.30 Å². The first-order valence-electron chi connectivity index (χ1n) is 10.5. The van der Waals surface area contributed by atoms with Crippen molar-refractivity contribution in [3.8, 4) is 22.3 Å². The van der Waals surface area contributed by atoms with Gasteiger partial charge < -0.3 is 0 Å². The molecule has 0 atom stereocenters. The van der Waals surface area contributed by atoms with Crippen LogP contribution in [0.25, 0.3) is 49.7 Å². The van der Waals surface area contributed by atoms with E-state index in [1.807, 2.05) is 6.07 Å². The molecule has 0 spiro atoms. The molecule has 4 aromatic carbocycles. The fourth-order valence-electron chi connectivity index (χ4n) is 4.37. The lowest BCUT2D eigenvalue weighted by Crippen LogP contribution is -1.93. The molecular formula is C28H19Cl3N2. The van der Waals surface area contributed by atoms with Crippen molar-refractivity contribution >= 4 is 62.3 Å². The van der Waals surface area contributed by atoms with Crippen molar-refractivity contribution in [2.45, 2.75) is 4.30 Å². The molecule has 0 bridgehead atoms. The number of alkyl halides is 3. The van der Waals surface area contributed by atoms with E-state index in [1.54, 1.807) is 0 Å². The number of rotatable bonds is 2. The fourth-order valence-corrected chi connectivity index (χ4v) is 4.37. The SMILES string of the molecule is ClC(Cl)Cl.c1ccc(-c2c(-c3ccccc3)c3c(nc4ccccn43)c3ccccc23)cc1. The Balaban J connectivity index is 0.000000531. The summed E-state index contributed by atoms with van der Waals surface area (Å²) in [6.07, 6.45) is 2.11. The maximum atomic E-state index is 5.03. The minimum atomic E-state index is -0.750. The van der Waals surface area contributed by atoms with Gasteiger partial charge in [0.2, 0.25) is 0 Å². The molecule has 2 nitrogen and oxygen atoms in total. The van der Waals surface area contributed by atoms with Crippen molar-refractivity contribution in [2.24, 2.45) is 0 Å². The van der Waals surface area contributed by atoms with Crippen LogP contribution in [0.5, 0.6) is 0 Å². The average Bonchev–Trinajstić information content (AvgIpc) is 3.24. The molecule has 0 amide bonds. The van der Waals surface area contributed by atoms with Crippen LogP contribution in [0.1, 0.15) is 0 Å². The third-order valence-electron chi connectivity index (χ3n) is 5.59. The van der Waals surface area contributed by atoms with Crippen molar-refractivity contribution in [3.05, 3.63) is 109 Å². The molecular weight excluding hydrogens is 471 g/mol. The van der Waals surface area contributed by atoms with Gasteiger partial charge in [0.25, 0.3) is 0 Å². The third kappa shape index (κ3) is 4.18. The largest absolute Gasteiger partial charge is 0.299 e. The summed E-state index contributed by atoms with van der Waals surface area (Å²) in [5, 5.41) is 2.41. The van der Waals surface area contributed by atoms with Crippen LogP contribution in [0, 0.1) is 0 Å². The number of aromatic nitrogens is 2. The van der Waals surface area contributed by atoms with Crippen molar-refractivity contribution in [2.75, 3.05) is 0 Å². The smallest absolute Gasteiger partial charge is 0.180 e. The summed E-state index contributed by atoms with van der Waals surface area (Å²) in [5.74, 6) is 0. The Morgan fingerprint density at radius 1 is 0.576 bits per heavy atom. The zero-order valence-electron chi connectivity index (χ0n) is 17.5. The Morgan fingerprint density at radius 3 is 1.73 bits per heavy atom. The van der Waals surface area contributed by atoms with Gasteiger partial charge in [0.05, 0.1) is 11.0 Å². The zero-order valence-corrected chi connectivity index (χ0v) is 19.8. The van der Waals surface area contributed by atoms with Crippen LogP contribution >= 0.6 is 34.8 Å². The summed E-state index contributed by atoms with van der Waals surface area (Å²) in [6.45, 7) is 0. The van der Waals surface area contributed by atoms with E-state index in [1.165, 1.54) is 33.0 Å². The zero-order chi connectivity index (χ0) is 22.8. The second kappa shape index (κ2) is 9.44. The molecule has 0 N–H and O–H groups in total. The van der Waals surface area contributed by atoms with Crippen LogP contribution in [0.3, 0.4) is 0 Å². The lowest BCUT2D eigenvalue weighted by Gasteiger charge is -2.16. The molecule has 0 saturated heterocycles.